The number of aryl methyl sites for hydroxylation is 2. The summed E-state index contributed by atoms with van der Waals surface area (Å²) in [4.78, 5) is 8.95. The molecular formula is C18H25IN4O. The lowest BCUT2D eigenvalue weighted by Crippen LogP contribution is -2.39. The van der Waals surface area contributed by atoms with Gasteiger partial charge in [0, 0.05) is 18.5 Å². The normalized spacial score (nSPS) is 19.5. The van der Waals surface area contributed by atoms with Crippen LogP contribution in [0.25, 0.3) is 0 Å². The van der Waals surface area contributed by atoms with E-state index in [1.807, 2.05) is 13.8 Å². The second kappa shape index (κ2) is 8.50. The Morgan fingerprint density at radius 1 is 1.29 bits per heavy atom. The highest BCUT2D eigenvalue weighted by Gasteiger charge is 2.38. The maximum atomic E-state index is 5.58. The van der Waals surface area contributed by atoms with Gasteiger partial charge in [0.2, 0.25) is 5.89 Å². The predicted octanol–water partition coefficient (Wildman–Crippen LogP) is 3.52. The van der Waals surface area contributed by atoms with Crippen molar-refractivity contribution in [3.63, 3.8) is 0 Å². The van der Waals surface area contributed by atoms with Gasteiger partial charge in [-0.05, 0) is 32.8 Å². The van der Waals surface area contributed by atoms with Crippen LogP contribution in [-0.4, -0.2) is 23.5 Å². The highest BCUT2D eigenvalue weighted by Crippen LogP contribution is 2.40. The molecule has 24 heavy (non-hydrogen) atoms. The zero-order valence-electron chi connectivity index (χ0n) is 14.4. The van der Waals surface area contributed by atoms with Crippen LogP contribution in [0.1, 0.15) is 42.2 Å². The standard InChI is InChI=1S/C18H24N4O.HI/c1-4-19-18(20-11-17-21-12(2)13(3)23-17)22-16-10-15(16)14-8-6-5-7-9-14;/h5-9,15-16H,4,10-11H2,1-3H3,(H2,19,20,22);1H. The van der Waals surface area contributed by atoms with E-state index in [-0.39, 0.29) is 24.0 Å². The van der Waals surface area contributed by atoms with Gasteiger partial charge in [-0.1, -0.05) is 30.3 Å². The van der Waals surface area contributed by atoms with Crippen LogP contribution in [0.4, 0.5) is 0 Å². The quantitative estimate of drug-likeness (QED) is 0.425. The molecule has 0 bridgehead atoms. The van der Waals surface area contributed by atoms with Crippen LogP contribution in [0.2, 0.25) is 0 Å². The Kier molecular flexibility index (Phi) is 6.65. The maximum Gasteiger partial charge on any atom is 0.216 e. The Balaban J connectivity index is 0.00000208. The number of nitrogens with one attached hydrogen (secondary N) is 2. The Morgan fingerprint density at radius 3 is 2.67 bits per heavy atom. The number of nitrogens with zero attached hydrogens (tertiary/aromatic N) is 2. The smallest absolute Gasteiger partial charge is 0.216 e. The highest BCUT2D eigenvalue weighted by molar-refractivity contribution is 14.0. The van der Waals surface area contributed by atoms with Crippen molar-refractivity contribution < 1.29 is 4.42 Å². The molecule has 1 fully saturated rings. The molecule has 6 heteroatoms. The number of hydrogen-bond donors (Lipinski definition) is 2. The molecule has 0 spiro atoms. The molecule has 0 radical (unpaired) electrons. The van der Waals surface area contributed by atoms with E-state index in [1.54, 1.807) is 0 Å². The van der Waals surface area contributed by atoms with Crippen LogP contribution in [0.3, 0.4) is 0 Å². The van der Waals surface area contributed by atoms with Crippen LogP contribution in [0, 0.1) is 13.8 Å². The molecule has 2 N–H and O–H groups in total. The van der Waals surface area contributed by atoms with E-state index in [0.29, 0.717) is 24.4 Å². The second-order valence-electron chi connectivity index (χ2n) is 5.95. The van der Waals surface area contributed by atoms with Crippen molar-refractivity contribution in [3.8, 4) is 0 Å². The lowest BCUT2D eigenvalue weighted by Gasteiger charge is -2.10. The van der Waals surface area contributed by atoms with Crippen molar-refractivity contribution in [3.05, 3.63) is 53.2 Å². The van der Waals surface area contributed by atoms with Gasteiger partial charge in [-0.25, -0.2) is 9.98 Å². The van der Waals surface area contributed by atoms with E-state index in [4.69, 9.17) is 4.42 Å². The predicted molar refractivity (Wildman–Crippen MR) is 107 cm³/mol. The van der Waals surface area contributed by atoms with E-state index >= 15 is 0 Å². The minimum atomic E-state index is 0. The molecule has 1 aliphatic carbocycles. The van der Waals surface area contributed by atoms with E-state index in [9.17, 15) is 0 Å². The molecule has 1 aliphatic rings. The third-order valence-electron chi connectivity index (χ3n) is 4.13. The molecule has 0 amide bonds. The van der Waals surface area contributed by atoms with Gasteiger partial charge in [0.15, 0.2) is 5.96 Å². The molecule has 1 saturated carbocycles. The van der Waals surface area contributed by atoms with Crippen LogP contribution in [0.15, 0.2) is 39.7 Å². The van der Waals surface area contributed by atoms with Crippen molar-refractivity contribution in [1.29, 1.82) is 0 Å². The fourth-order valence-corrected chi connectivity index (χ4v) is 2.67. The summed E-state index contributed by atoms with van der Waals surface area (Å²) in [5.74, 6) is 2.92. The van der Waals surface area contributed by atoms with Crippen molar-refractivity contribution >= 4 is 29.9 Å². The summed E-state index contributed by atoms with van der Waals surface area (Å²) in [7, 11) is 0. The topological polar surface area (TPSA) is 62.5 Å². The number of guanidine groups is 1. The lowest BCUT2D eigenvalue weighted by atomic mass is 10.1. The number of aromatic nitrogens is 1. The number of halogens is 1. The first-order chi connectivity index (χ1) is 11.2. The SMILES string of the molecule is CCNC(=NCc1nc(C)c(C)o1)NC1CC1c1ccccc1.I. The first kappa shape index (κ1) is 18.8. The Bertz CT molecular complexity index is 664. The third-order valence-corrected chi connectivity index (χ3v) is 4.13. The molecule has 0 saturated heterocycles. The zero-order valence-corrected chi connectivity index (χ0v) is 16.7. The summed E-state index contributed by atoms with van der Waals surface area (Å²) in [5, 5.41) is 6.79. The van der Waals surface area contributed by atoms with Gasteiger partial charge in [0.1, 0.15) is 12.3 Å². The molecule has 2 atom stereocenters. The summed E-state index contributed by atoms with van der Waals surface area (Å²) >= 11 is 0. The van der Waals surface area contributed by atoms with Crippen molar-refractivity contribution in [2.75, 3.05) is 6.54 Å². The molecule has 2 unspecified atom stereocenters. The number of oxazole rings is 1. The minimum absolute atomic E-state index is 0. The monoisotopic (exact) mass is 440 g/mol. The summed E-state index contributed by atoms with van der Waals surface area (Å²) in [6.45, 7) is 7.22. The number of aliphatic imine (C=N–C) groups is 1. The van der Waals surface area contributed by atoms with Gasteiger partial charge in [0.05, 0.1) is 5.69 Å². The summed E-state index contributed by atoms with van der Waals surface area (Å²) in [6, 6.07) is 11.1. The van der Waals surface area contributed by atoms with Crippen LogP contribution >= 0.6 is 24.0 Å². The average molecular weight is 440 g/mol. The molecule has 2 aromatic rings. The summed E-state index contributed by atoms with van der Waals surface area (Å²) in [5.41, 5.74) is 2.32. The summed E-state index contributed by atoms with van der Waals surface area (Å²) < 4.78 is 5.58. The Hall–Kier alpha value is -1.57. The van der Waals surface area contributed by atoms with Crippen molar-refractivity contribution in [2.45, 2.75) is 45.7 Å². The van der Waals surface area contributed by atoms with Gasteiger partial charge in [0.25, 0.3) is 0 Å². The largest absolute Gasteiger partial charge is 0.444 e. The first-order valence-electron chi connectivity index (χ1n) is 8.20. The average Bonchev–Trinajstić information content (AvgIpc) is 3.24. The molecule has 5 nitrogen and oxygen atoms in total. The van der Waals surface area contributed by atoms with Gasteiger partial charge < -0.3 is 15.1 Å². The van der Waals surface area contributed by atoms with Gasteiger partial charge in [-0.15, -0.1) is 24.0 Å². The molecule has 3 rings (SSSR count). The zero-order chi connectivity index (χ0) is 16.2. The molecule has 1 aromatic carbocycles. The van der Waals surface area contributed by atoms with E-state index in [1.165, 1.54) is 5.56 Å². The maximum absolute atomic E-state index is 5.58. The molecule has 0 aliphatic heterocycles. The van der Waals surface area contributed by atoms with Crippen LogP contribution < -0.4 is 10.6 Å². The molecule has 130 valence electrons. The molecular weight excluding hydrogens is 415 g/mol. The Morgan fingerprint density at radius 2 is 2.04 bits per heavy atom. The number of rotatable bonds is 5. The van der Waals surface area contributed by atoms with Gasteiger partial charge in [-0.2, -0.15) is 0 Å². The van der Waals surface area contributed by atoms with Crippen molar-refractivity contribution in [2.24, 2.45) is 4.99 Å². The van der Waals surface area contributed by atoms with Crippen LogP contribution in [-0.2, 0) is 6.54 Å². The van der Waals surface area contributed by atoms with E-state index in [0.717, 1.165) is 30.4 Å². The number of benzene rings is 1. The molecule has 1 aromatic heterocycles. The third kappa shape index (κ3) is 4.72. The molecule has 1 heterocycles. The van der Waals surface area contributed by atoms with Crippen molar-refractivity contribution in [1.82, 2.24) is 15.6 Å². The van der Waals surface area contributed by atoms with E-state index < -0.39 is 0 Å². The highest BCUT2D eigenvalue weighted by atomic mass is 127. The fourth-order valence-electron chi connectivity index (χ4n) is 2.67. The second-order valence-corrected chi connectivity index (χ2v) is 5.95. The summed E-state index contributed by atoms with van der Waals surface area (Å²) in [6.07, 6.45) is 1.14. The Labute approximate surface area is 160 Å². The lowest BCUT2D eigenvalue weighted by molar-refractivity contribution is 0.472. The van der Waals surface area contributed by atoms with E-state index in [2.05, 4.69) is 57.9 Å². The van der Waals surface area contributed by atoms with Crippen LogP contribution in [0.5, 0.6) is 0 Å². The van der Waals surface area contributed by atoms with Gasteiger partial charge in [-0.3, -0.25) is 0 Å². The number of hydrogen-bond acceptors (Lipinski definition) is 3. The fraction of sp³-hybridized carbons (Fsp3) is 0.444. The first-order valence-corrected chi connectivity index (χ1v) is 8.20. The van der Waals surface area contributed by atoms with Gasteiger partial charge >= 0.3 is 0 Å². The minimum Gasteiger partial charge on any atom is -0.444 e.